The molecule has 1 amide bonds. The largest absolute Gasteiger partial charge is 0.490 e. The molecule has 25 heavy (non-hydrogen) atoms. The third-order valence-electron chi connectivity index (χ3n) is 2.78. The minimum absolute atomic E-state index is 0.0756. The van der Waals surface area contributed by atoms with Gasteiger partial charge in [-0.05, 0) is 31.2 Å². The first-order chi connectivity index (χ1) is 12.0. The number of anilines is 1. The minimum Gasteiger partial charge on any atom is -0.490 e. The van der Waals surface area contributed by atoms with Gasteiger partial charge in [-0.25, -0.2) is 0 Å². The normalized spacial score (nSPS) is 10.3. The molecule has 0 fully saturated rings. The molecule has 0 saturated carbocycles. The van der Waals surface area contributed by atoms with Gasteiger partial charge < -0.3 is 19.3 Å². The van der Waals surface area contributed by atoms with Crippen LogP contribution in [-0.2, 0) is 14.3 Å². The standard InChI is InChI=1S/C16H17ClN2O5S/c1-11-8-14(19-24-11)18-15(20)9-25-10-16(21)23-7-6-22-13-4-2-12(17)3-5-13/h2-5,8H,6-7,9-10H2,1H3,(H,18,19,20). The molecule has 0 saturated heterocycles. The number of halogens is 1. The summed E-state index contributed by atoms with van der Waals surface area (Å²) in [5, 5.41) is 6.84. The van der Waals surface area contributed by atoms with E-state index in [0.29, 0.717) is 22.4 Å². The van der Waals surface area contributed by atoms with Crippen molar-refractivity contribution in [3.05, 3.63) is 41.1 Å². The summed E-state index contributed by atoms with van der Waals surface area (Å²) in [6.07, 6.45) is 0. The highest BCUT2D eigenvalue weighted by Crippen LogP contribution is 2.15. The second kappa shape index (κ2) is 9.95. The van der Waals surface area contributed by atoms with Gasteiger partial charge in [0.25, 0.3) is 0 Å². The van der Waals surface area contributed by atoms with Crippen LogP contribution in [-0.4, -0.2) is 41.8 Å². The molecule has 134 valence electrons. The van der Waals surface area contributed by atoms with Crippen molar-refractivity contribution in [3.63, 3.8) is 0 Å². The van der Waals surface area contributed by atoms with Crippen LogP contribution in [0, 0.1) is 6.92 Å². The lowest BCUT2D eigenvalue weighted by atomic mass is 10.3. The molecule has 2 rings (SSSR count). The van der Waals surface area contributed by atoms with E-state index in [2.05, 4.69) is 10.5 Å². The first kappa shape index (κ1) is 19.1. The average molecular weight is 385 g/mol. The number of esters is 1. The number of ether oxygens (including phenoxy) is 2. The van der Waals surface area contributed by atoms with Crippen LogP contribution < -0.4 is 10.1 Å². The van der Waals surface area contributed by atoms with Crippen LogP contribution in [0.15, 0.2) is 34.9 Å². The summed E-state index contributed by atoms with van der Waals surface area (Å²) in [5.41, 5.74) is 0. The van der Waals surface area contributed by atoms with Crippen LogP contribution in [0.3, 0.4) is 0 Å². The Kier molecular flexibility index (Phi) is 7.62. The number of aryl methyl sites for hydroxylation is 1. The van der Waals surface area contributed by atoms with Gasteiger partial charge in [-0.1, -0.05) is 16.8 Å². The van der Waals surface area contributed by atoms with Gasteiger partial charge in [-0.15, -0.1) is 11.8 Å². The predicted octanol–water partition coefficient (Wildman–Crippen LogP) is 2.93. The van der Waals surface area contributed by atoms with Crippen LogP contribution in [0.25, 0.3) is 0 Å². The third kappa shape index (κ3) is 7.49. The molecule has 0 aliphatic carbocycles. The number of nitrogens with one attached hydrogen (secondary N) is 1. The van der Waals surface area contributed by atoms with E-state index < -0.39 is 5.97 Å². The Balaban J connectivity index is 1.53. The Labute approximate surface area is 154 Å². The van der Waals surface area contributed by atoms with Crippen LogP contribution >= 0.6 is 23.4 Å². The quantitative estimate of drug-likeness (QED) is 0.525. The summed E-state index contributed by atoms with van der Waals surface area (Å²) in [4.78, 5) is 23.2. The van der Waals surface area contributed by atoms with E-state index in [1.165, 1.54) is 0 Å². The van der Waals surface area contributed by atoms with Crippen LogP contribution in [0.2, 0.25) is 5.02 Å². The molecular formula is C16H17ClN2O5S. The Bertz CT molecular complexity index is 705. The Morgan fingerprint density at radius 1 is 1.24 bits per heavy atom. The molecule has 0 atom stereocenters. The van der Waals surface area contributed by atoms with E-state index in [1.54, 1.807) is 37.3 Å². The van der Waals surface area contributed by atoms with Gasteiger partial charge in [0.05, 0.1) is 11.5 Å². The van der Waals surface area contributed by atoms with Crippen LogP contribution in [0.1, 0.15) is 5.76 Å². The van der Waals surface area contributed by atoms with Crippen LogP contribution in [0.5, 0.6) is 5.75 Å². The summed E-state index contributed by atoms with van der Waals surface area (Å²) < 4.78 is 15.3. The molecule has 1 N–H and O–H groups in total. The molecule has 1 aromatic heterocycles. The SMILES string of the molecule is Cc1cc(NC(=O)CSCC(=O)OCCOc2ccc(Cl)cc2)no1. The number of benzene rings is 1. The zero-order valence-corrected chi connectivity index (χ0v) is 15.1. The highest BCUT2D eigenvalue weighted by molar-refractivity contribution is 8.00. The van der Waals surface area contributed by atoms with Crippen molar-refractivity contribution in [2.75, 3.05) is 30.0 Å². The van der Waals surface area contributed by atoms with Gasteiger partial charge in [-0.2, -0.15) is 0 Å². The molecule has 0 aliphatic rings. The van der Waals surface area contributed by atoms with E-state index in [9.17, 15) is 9.59 Å². The molecule has 1 aromatic carbocycles. The van der Waals surface area contributed by atoms with E-state index in [4.69, 9.17) is 25.6 Å². The fourth-order valence-electron chi connectivity index (χ4n) is 1.72. The highest BCUT2D eigenvalue weighted by Gasteiger charge is 2.09. The van der Waals surface area contributed by atoms with Crippen molar-refractivity contribution in [2.45, 2.75) is 6.92 Å². The maximum absolute atomic E-state index is 11.6. The van der Waals surface area contributed by atoms with Gasteiger partial charge in [-0.3, -0.25) is 9.59 Å². The minimum atomic E-state index is -0.408. The third-order valence-corrected chi connectivity index (χ3v) is 3.94. The molecule has 0 radical (unpaired) electrons. The lowest BCUT2D eigenvalue weighted by Gasteiger charge is -2.07. The fraction of sp³-hybridized carbons (Fsp3) is 0.312. The number of nitrogens with zero attached hydrogens (tertiary/aromatic N) is 1. The predicted molar refractivity (Wildman–Crippen MR) is 95.1 cm³/mol. The van der Waals surface area contributed by atoms with Crippen molar-refractivity contribution in [1.29, 1.82) is 0 Å². The second-order valence-electron chi connectivity index (χ2n) is 4.89. The fourth-order valence-corrected chi connectivity index (χ4v) is 2.45. The summed E-state index contributed by atoms with van der Waals surface area (Å²) in [6, 6.07) is 8.50. The lowest BCUT2D eigenvalue weighted by molar-refractivity contribution is -0.141. The summed E-state index contributed by atoms with van der Waals surface area (Å²) in [7, 11) is 0. The number of hydrogen-bond acceptors (Lipinski definition) is 7. The van der Waals surface area contributed by atoms with Crippen molar-refractivity contribution in [3.8, 4) is 5.75 Å². The number of aromatic nitrogens is 1. The maximum atomic E-state index is 11.6. The monoisotopic (exact) mass is 384 g/mol. The number of carbonyl (C=O) groups is 2. The molecule has 0 unspecified atom stereocenters. The summed E-state index contributed by atoms with van der Waals surface area (Å²) in [5.74, 6) is 1.12. The molecular weight excluding hydrogens is 368 g/mol. The molecule has 2 aromatic rings. The number of rotatable bonds is 9. The van der Waals surface area contributed by atoms with Gasteiger partial charge >= 0.3 is 5.97 Å². The molecule has 0 aliphatic heterocycles. The number of carbonyl (C=O) groups excluding carboxylic acids is 2. The smallest absolute Gasteiger partial charge is 0.316 e. The molecule has 0 bridgehead atoms. The van der Waals surface area contributed by atoms with E-state index in [1.807, 2.05) is 0 Å². The maximum Gasteiger partial charge on any atom is 0.316 e. The first-order valence-corrected chi connectivity index (χ1v) is 8.91. The number of thioether (sulfide) groups is 1. The molecule has 1 heterocycles. The molecule has 7 nitrogen and oxygen atoms in total. The van der Waals surface area contributed by atoms with Gasteiger partial charge in [0.2, 0.25) is 5.91 Å². The average Bonchev–Trinajstić information content (AvgIpc) is 2.98. The van der Waals surface area contributed by atoms with Crippen LogP contribution in [0.4, 0.5) is 5.82 Å². The first-order valence-electron chi connectivity index (χ1n) is 7.38. The topological polar surface area (TPSA) is 90.7 Å². The number of hydrogen-bond donors (Lipinski definition) is 1. The zero-order valence-electron chi connectivity index (χ0n) is 13.5. The van der Waals surface area contributed by atoms with Gasteiger partial charge in [0, 0.05) is 11.1 Å². The summed E-state index contributed by atoms with van der Waals surface area (Å²) in [6.45, 7) is 2.10. The second-order valence-corrected chi connectivity index (χ2v) is 6.31. The number of amides is 1. The van der Waals surface area contributed by atoms with Crippen molar-refractivity contribution in [1.82, 2.24) is 5.16 Å². The van der Waals surface area contributed by atoms with Crippen molar-refractivity contribution in [2.24, 2.45) is 0 Å². The van der Waals surface area contributed by atoms with Gasteiger partial charge in [0.1, 0.15) is 24.7 Å². The Morgan fingerprint density at radius 3 is 2.68 bits per heavy atom. The lowest BCUT2D eigenvalue weighted by Crippen LogP contribution is -2.17. The van der Waals surface area contributed by atoms with Crippen molar-refractivity contribution < 1.29 is 23.6 Å². The zero-order chi connectivity index (χ0) is 18.1. The molecule has 9 heteroatoms. The van der Waals surface area contributed by atoms with Crippen molar-refractivity contribution >= 4 is 41.1 Å². The molecule has 0 spiro atoms. The van der Waals surface area contributed by atoms with Gasteiger partial charge in [0.15, 0.2) is 5.82 Å². The summed E-state index contributed by atoms with van der Waals surface area (Å²) >= 11 is 6.92. The van der Waals surface area contributed by atoms with E-state index in [0.717, 1.165) is 11.8 Å². The highest BCUT2D eigenvalue weighted by atomic mass is 35.5. The van der Waals surface area contributed by atoms with E-state index in [-0.39, 0.29) is 30.6 Å². The Hall–Kier alpha value is -2.19. The van der Waals surface area contributed by atoms with E-state index >= 15 is 0 Å². The Morgan fingerprint density at radius 2 is 2.00 bits per heavy atom.